The molecular weight excluding hydrogens is 337 g/mol. The molecule has 1 aliphatic rings. The molecule has 0 aliphatic carbocycles. The molecule has 2 aromatic carbocycles. The summed E-state index contributed by atoms with van der Waals surface area (Å²) >= 11 is 11.7. The maximum Gasteiger partial charge on any atom is 0.288 e. The van der Waals surface area contributed by atoms with E-state index in [1.807, 2.05) is 0 Å². The number of benzene rings is 2. The summed E-state index contributed by atoms with van der Waals surface area (Å²) in [5.74, 6) is -2.99. The van der Waals surface area contributed by atoms with Gasteiger partial charge in [-0.1, -0.05) is 35.3 Å². The Kier molecular flexibility index (Phi) is 4.20. The van der Waals surface area contributed by atoms with E-state index >= 15 is 0 Å². The van der Waals surface area contributed by atoms with Gasteiger partial charge in [-0.2, -0.15) is 0 Å². The lowest BCUT2D eigenvalue weighted by atomic mass is 9.87. The van der Waals surface area contributed by atoms with Crippen LogP contribution in [0.3, 0.4) is 0 Å². The molecule has 0 aromatic heterocycles. The molecule has 2 aromatic rings. The molecule has 0 spiro atoms. The second-order valence-electron chi connectivity index (χ2n) is 5.22. The van der Waals surface area contributed by atoms with Gasteiger partial charge in [0.05, 0.1) is 6.04 Å². The maximum atomic E-state index is 12.7. The first-order valence-electron chi connectivity index (χ1n) is 6.87. The molecule has 1 fully saturated rings. The largest absolute Gasteiger partial charge is 0.341 e. The van der Waals surface area contributed by atoms with E-state index in [1.165, 1.54) is 0 Å². The lowest BCUT2D eigenvalue weighted by molar-refractivity contribution is -0.135. The molecule has 1 aliphatic heterocycles. The standard InChI is InChI=1S/C17H11Cl2NO3/c18-11-5-1-9(2-6-11)14-13(16(22)17(23)20-14)15(21)10-3-7-12(19)8-4-10/h1-8,13-14H,(H,20,23). The summed E-state index contributed by atoms with van der Waals surface area (Å²) in [6, 6.07) is 12.2. The summed E-state index contributed by atoms with van der Waals surface area (Å²) in [5, 5.41) is 3.59. The highest BCUT2D eigenvalue weighted by atomic mass is 35.5. The average molecular weight is 348 g/mol. The van der Waals surface area contributed by atoms with Crippen molar-refractivity contribution in [2.24, 2.45) is 5.92 Å². The van der Waals surface area contributed by atoms with E-state index in [4.69, 9.17) is 23.2 Å². The Balaban J connectivity index is 1.97. The van der Waals surface area contributed by atoms with Gasteiger partial charge in [0.1, 0.15) is 5.92 Å². The summed E-state index contributed by atoms with van der Waals surface area (Å²) in [6.07, 6.45) is 0. The van der Waals surface area contributed by atoms with Gasteiger partial charge in [-0.25, -0.2) is 0 Å². The van der Waals surface area contributed by atoms with Gasteiger partial charge in [0, 0.05) is 15.6 Å². The quantitative estimate of drug-likeness (QED) is 0.526. The van der Waals surface area contributed by atoms with Crippen molar-refractivity contribution >= 4 is 40.7 Å². The third-order valence-electron chi connectivity index (χ3n) is 3.77. The van der Waals surface area contributed by atoms with Crippen LogP contribution >= 0.6 is 23.2 Å². The summed E-state index contributed by atoms with van der Waals surface area (Å²) in [7, 11) is 0. The Labute approximate surface area is 142 Å². The van der Waals surface area contributed by atoms with E-state index in [2.05, 4.69) is 5.32 Å². The van der Waals surface area contributed by atoms with Crippen molar-refractivity contribution in [3.63, 3.8) is 0 Å². The number of ketones is 2. The minimum absolute atomic E-state index is 0.336. The number of nitrogens with one attached hydrogen (secondary N) is 1. The molecule has 6 heteroatoms. The average Bonchev–Trinajstić information content (AvgIpc) is 2.84. The predicted octanol–water partition coefficient (Wildman–Crippen LogP) is 3.23. The molecule has 1 N–H and O–H groups in total. The fourth-order valence-electron chi connectivity index (χ4n) is 2.60. The fourth-order valence-corrected chi connectivity index (χ4v) is 2.85. The van der Waals surface area contributed by atoms with Crippen molar-refractivity contribution < 1.29 is 14.4 Å². The monoisotopic (exact) mass is 347 g/mol. The van der Waals surface area contributed by atoms with Crippen molar-refractivity contribution in [3.05, 3.63) is 69.7 Å². The molecular formula is C17H11Cl2NO3. The fraction of sp³-hybridized carbons (Fsp3) is 0.118. The molecule has 2 atom stereocenters. The first-order valence-corrected chi connectivity index (χ1v) is 7.63. The Morgan fingerprint density at radius 3 is 1.96 bits per heavy atom. The molecule has 1 saturated heterocycles. The molecule has 2 unspecified atom stereocenters. The van der Waals surface area contributed by atoms with Crippen LogP contribution in [0.4, 0.5) is 0 Å². The number of rotatable bonds is 3. The lowest BCUT2D eigenvalue weighted by Crippen LogP contribution is -2.26. The number of amides is 1. The second-order valence-corrected chi connectivity index (χ2v) is 6.09. The van der Waals surface area contributed by atoms with Crippen molar-refractivity contribution in [1.29, 1.82) is 0 Å². The van der Waals surface area contributed by atoms with Crippen LogP contribution in [0.1, 0.15) is 22.0 Å². The number of Topliss-reactive ketones (excluding diaryl/α,β-unsaturated/α-hetero) is 2. The smallest absolute Gasteiger partial charge is 0.288 e. The Morgan fingerprint density at radius 1 is 0.870 bits per heavy atom. The zero-order valence-electron chi connectivity index (χ0n) is 11.8. The number of hydrogen-bond donors (Lipinski definition) is 1. The van der Waals surface area contributed by atoms with Gasteiger partial charge in [-0.15, -0.1) is 0 Å². The SMILES string of the molecule is O=C1NC(c2ccc(Cl)cc2)C(C(=O)c2ccc(Cl)cc2)C1=O. The zero-order chi connectivity index (χ0) is 16.6. The van der Waals surface area contributed by atoms with Crippen LogP contribution in [-0.4, -0.2) is 17.5 Å². The van der Waals surface area contributed by atoms with Gasteiger partial charge < -0.3 is 5.32 Å². The maximum absolute atomic E-state index is 12.7. The van der Waals surface area contributed by atoms with E-state index in [1.54, 1.807) is 48.5 Å². The molecule has 0 bridgehead atoms. The van der Waals surface area contributed by atoms with E-state index < -0.39 is 29.4 Å². The number of halogens is 2. The zero-order valence-corrected chi connectivity index (χ0v) is 13.3. The number of carbonyl (C=O) groups is 3. The van der Waals surface area contributed by atoms with Crippen molar-refractivity contribution in [1.82, 2.24) is 5.32 Å². The topological polar surface area (TPSA) is 63.2 Å². The number of carbonyl (C=O) groups excluding carboxylic acids is 3. The normalized spacial score (nSPS) is 20.4. The van der Waals surface area contributed by atoms with Gasteiger partial charge in [0.2, 0.25) is 5.78 Å². The second kappa shape index (κ2) is 6.14. The lowest BCUT2D eigenvalue weighted by Gasteiger charge is -2.17. The number of hydrogen-bond acceptors (Lipinski definition) is 3. The molecule has 23 heavy (non-hydrogen) atoms. The minimum Gasteiger partial charge on any atom is -0.341 e. The highest BCUT2D eigenvalue weighted by Crippen LogP contribution is 2.31. The van der Waals surface area contributed by atoms with Gasteiger partial charge in [-0.05, 0) is 42.0 Å². The van der Waals surface area contributed by atoms with Crippen LogP contribution in [-0.2, 0) is 9.59 Å². The first kappa shape index (κ1) is 15.7. The van der Waals surface area contributed by atoms with Crippen molar-refractivity contribution in [2.75, 3.05) is 0 Å². The van der Waals surface area contributed by atoms with Crippen LogP contribution in [0.25, 0.3) is 0 Å². The Morgan fingerprint density at radius 2 is 1.39 bits per heavy atom. The molecule has 1 heterocycles. The van der Waals surface area contributed by atoms with Crippen LogP contribution in [0.15, 0.2) is 48.5 Å². The van der Waals surface area contributed by atoms with Crippen LogP contribution in [0, 0.1) is 5.92 Å². The third kappa shape index (κ3) is 3.00. The van der Waals surface area contributed by atoms with Crippen LogP contribution < -0.4 is 5.32 Å². The molecule has 0 saturated carbocycles. The highest BCUT2D eigenvalue weighted by molar-refractivity contribution is 6.44. The van der Waals surface area contributed by atoms with Crippen LogP contribution in [0.5, 0.6) is 0 Å². The van der Waals surface area contributed by atoms with Crippen molar-refractivity contribution in [2.45, 2.75) is 6.04 Å². The Hall–Kier alpha value is -2.17. The molecule has 0 radical (unpaired) electrons. The molecule has 3 rings (SSSR count). The highest BCUT2D eigenvalue weighted by Gasteiger charge is 2.46. The van der Waals surface area contributed by atoms with Gasteiger partial charge in [0.25, 0.3) is 5.91 Å². The van der Waals surface area contributed by atoms with Crippen molar-refractivity contribution in [3.8, 4) is 0 Å². The van der Waals surface area contributed by atoms with E-state index in [-0.39, 0.29) is 0 Å². The summed E-state index contributed by atoms with van der Waals surface area (Å²) in [5.41, 5.74) is 0.990. The van der Waals surface area contributed by atoms with E-state index in [0.717, 1.165) is 0 Å². The summed E-state index contributed by atoms with van der Waals surface area (Å²) < 4.78 is 0. The molecule has 116 valence electrons. The predicted molar refractivity (Wildman–Crippen MR) is 86.6 cm³/mol. The molecule has 4 nitrogen and oxygen atoms in total. The van der Waals surface area contributed by atoms with Gasteiger partial charge >= 0.3 is 0 Å². The van der Waals surface area contributed by atoms with E-state index in [9.17, 15) is 14.4 Å². The Bertz CT molecular complexity index is 784. The van der Waals surface area contributed by atoms with E-state index in [0.29, 0.717) is 21.2 Å². The third-order valence-corrected chi connectivity index (χ3v) is 4.27. The minimum atomic E-state index is -1.09. The first-order chi connectivity index (χ1) is 11.0. The summed E-state index contributed by atoms with van der Waals surface area (Å²) in [6.45, 7) is 0. The molecule has 1 amide bonds. The van der Waals surface area contributed by atoms with Gasteiger partial charge in [0.15, 0.2) is 5.78 Å². The van der Waals surface area contributed by atoms with Crippen LogP contribution in [0.2, 0.25) is 10.0 Å². The summed E-state index contributed by atoms with van der Waals surface area (Å²) in [4.78, 5) is 36.6. The van der Waals surface area contributed by atoms with Gasteiger partial charge in [-0.3, -0.25) is 14.4 Å².